The number of thioether (sulfide) groups is 1. The second-order valence-electron chi connectivity index (χ2n) is 3.45. The van der Waals surface area contributed by atoms with Crippen LogP contribution in [0.4, 0.5) is 4.79 Å². The molecule has 1 aromatic rings. The molecule has 0 bridgehead atoms. The molecule has 1 aromatic heterocycles. The van der Waals surface area contributed by atoms with Crippen molar-refractivity contribution >= 4 is 28.9 Å². The van der Waals surface area contributed by atoms with Gasteiger partial charge in [0, 0.05) is 12.2 Å². The van der Waals surface area contributed by atoms with Crippen molar-refractivity contribution < 1.29 is 23.9 Å². The van der Waals surface area contributed by atoms with E-state index < -0.39 is 5.97 Å². The molecular weight excluding hydrogens is 246 g/mol. The monoisotopic (exact) mass is 255 g/mol. The van der Waals surface area contributed by atoms with Crippen LogP contribution in [0.3, 0.4) is 0 Å². The fourth-order valence-corrected chi connectivity index (χ4v) is 2.20. The molecule has 0 spiro atoms. The third kappa shape index (κ3) is 2.50. The number of carbonyl (C=O) groups is 3. The van der Waals surface area contributed by atoms with E-state index in [2.05, 4.69) is 0 Å². The van der Waals surface area contributed by atoms with E-state index in [4.69, 9.17) is 9.52 Å². The maximum Gasteiger partial charge on any atom is 0.338 e. The number of nitrogens with zero attached hydrogens (tertiary/aromatic N) is 1. The average molecular weight is 255 g/mol. The lowest BCUT2D eigenvalue weighted by Gasteiger charge is -2.22. The Morgan fingerprint density at radius 3 is 2.88 bits per heavy atom. The van der Waals surface area contributed by atoms with E-state index in [1.54, 1.807) is 0 Å². The number of aromatic carboxylic acids is 1. The maximum absolute atomic E-state index is 11.5. The molecule has 1 N–H and O–H groups in total. The Labute approximate surface area is 101 Å². The first kappa shape index (κ1) is 11.7. The molecule has 1 aliphatic heterocycles. The van der Waals surface area contributed by atoms with Crippen molar-refractivity contribution in [2.75, 3.05) is 5.75 Å². The molecule has 1 aliphatic rings. The summed E-state index contributed by atoms with van der Waals surface area (Å²) in [6.45, 7) is -0.0159. The van der Waals surface area contributed by atoms with Crippen molar-refractivity contribution in [2.24, 2.45) is 0 Å². The van der Waals surface area contributed by atoms with Crippen molar-refractivity contribution in [1.29, 1.82) is 0 Å². The standard InChI is InChI=1S/C10H9NO5S/c12-8-1-2-17-10(15)11(8)4-7-3-6(5-16-7)9(13)14/h3,5H,1-2,4H2,(H,13,14). The normalized spacial score (nSPS) is 16.4. The Kier molecular flexibility index (Phi) is 3.19. The highest BCUT2D eigenvalue weighted by Gasteiger charge is 2.27. The Morgan fingerprint density at radius 2 is 2.29 bits per heavy atom. The molecular formula is C10H9NO5S. The van der Waals surface area contributed by atoms with Gasteiger partial charge in [0.15, 0.2) is 0 Å². The zero-order valence-electron chi connectivity index (χ0n) is 8.71. The molecule has 0 aromatic carbocycles. The van der Waals surface area contributed by atoms with Gasteiger partial charge in [-0.05, 0) is 6.07 Å². The minimum absolute atomic E-state index is 0.00422. The number of imide groups is 1. The van der Waals surface area contributed by atoms with E-state index in [9.17, 15) is 14.4 Å². The zero-order chi connectivity index (χ0) is 12.4. The molecule has 0 radical (unpaired) electrons. The highest BCUT2D eigenvalue weighted by Crippen LogP contribution is 2.21. The molecule has 0 aliphatic carbocycles. The number of furan rings is 1. The van der Waals surface area contributed by atoms with Crippen LogP contribution in [0.15, 0.2) is 16.7 Å². The van der Waals surface area contributed by atoms with Crippen LogP contribution in [0, 0.1) is 0 Å². The van der Waals surface area contributed by atoms with Crippen molar-refractivity contribution in [3.8, 4) is 0 Å². The van der Waals surface area contributed by atoms with Crippen LogP contribution in [0.5, 0.6) is 0 Å². The summed E-state index contributed by atoms with van der Waals surface area (Å²) in [6, 6.07) is 1.31. The number of hydrogen-bond donors (Lipinski definition) is 1. The zero-order valence-corrected chi connectivity index (χ0v) is 9.53. The second-order valence-corrected chi connectivity index (χ2v) is 4.50. The number of carboxylic acid groups (broad SMARTS) is 1. The second kappa shape index (κ2) is 4.62. The number of carbonyl (C=O) groups excluding carboxylic acids is 2. The molecule has 0 atom stereocenters. The Bertz CT molecular complexity index is 465. The predicted octanol–water partition coefficient (Wildman–Crippen LogP) is 1.56. The molecule has 2 amide bonds. The van der Waals surface area contributed by atoms with Crippen molar-refractivity contribution in [1.82, 2.24) is 4.90 Å². The molecule has 2 heterocycles. The van der Waals surface area contributed by atoms with E-state index in [-0.39, 0.29) is 29.0 Å². The lowest BCUT2D eigenvalue weighted by atomic mass is 10.3. The minimum Gasteiger partial charge on any atom is -0.478 e. The van der Waals surface area contributed by atoms with Crippen LogP contribution in [0.1, 0.15) is 22.5 Å². The summed E-state index contributed by atoms with van der Waals surface area (Å²) in [7, 11) is 0. The van der Waals surface area contributed by atoms with Gasteiger partial charge in [-0.2, -0.15) is 0 Å². The highest BCUT2D eigenvalue weighted by atomic mass is 32.2. The quantitative estimate of drug-likeness (QED) is 0.881. The van der Waals surface area contributed by atoms with E-state index in [1.165, 1.54) is 6.07 Å². The first-order valence-corrected chi connectivity index (χ1v) is 5.84. The smallest absolute Gasteiger partial charge is 0.338 e. The predicted molar refractivity (Wildman–Crippen MR) is 58.7 cm³/mol. The summed E-state index contributed by atoms with van der Waals surface area (Å²) >= 11 is 1.07. The summed E-state index contributed by atoms with van der Waals surface area (Å²) in [6.07, 6.45) is 1.40. The van der Waals surface area contributed by atoms with Crippen LogP contribution < -0.4 is 0 Å². The third-order valence-corrected chi connectivity index (χ3v) is 3.15. The Morgan fingerprint density at radius 1 is 1.53 bits per heavy atom. The largest absolute Gasteiger partial charge is 0.478 e. The molecule has 2 rings (SSSR count). The van der Waals surface area contributed by atoms with E-state index in [0.717, 1.165) is 22.9 Å². The fraction of sp³-hybridized carbons (Fsp3) is 0.300. The van der Waals surface area contributed by atoms with Gasteiger partial charge < -0.3 is 9.52 Å². The first-order valence-electron chi connectivity index (χ1n) is 4.86. The van der Waals surface area contributed by atoms with Gasteiger partial charge in [0.1, 0.15) is 12.0 Å². The van der Waals surface area contributed by atoms with Gasteiger partial charge in [0.25, 0.3) is 5.24 Å². The Balaban J connectivity index is 2.11. The van der Waals surface area contributed by atoms with Gasteiger partial charge in [0.2, 0.25) is 5.91 Å². The van der Waals surface area contributed by atoms with Crippen molar-refractivity contribution in [2.45, 2.75) is 13.0 Å². The summed E-state index contributed by atoms with van der Waals surface area (Å²) in [5, 5.41) is 8.37. The molecule has 90 valence electrons. The Hall–Kier alpha value is -1.76. The maximum atomic E-state index is 11.5. The highest BCUT2D eigenvalue weighted by molar-refractivity contribution is 8.13. The molecule has 0 saturated carbocycles. The number of carboxylic acids is 1. The van der Waals surface area contributed by atoms with Gasteiger partial charge in [-0.3, -0.25) is 14.5 Å². The van der Waals surface area contributed by atoms with Gasteiger partial charge in [-0.15, -0.1) is 0 Å². The SMILES string of the molecule is O=C(O)c1coc(CN2C(=O)CCSC2=O)c1. The number of amides is 2. The van der Waals surface area contributed by atoms with Gasteiger partial charge >= 0.3 is 5.97 Å². The topological polar surface area (TPSA) is 87.8 Å². The number of rotatable bonds is 3. The summed E-state index contributed by atoms with van der Waals surface area (Å²) in [4.78, 5) is 34.6. The van der Waals surface area contributed by atoms with Crippen LogP contribution in [-0.4, -0.2) is 32.9 Å². The third-order valence-electron chi connectivity index (χ3n) is 2.28. The summed E-state index contributed by atoms with van der Waals surface area (Å²) in [5.41, 5.74) is 0.00422. The van der Waals surface area contributed by atoms with Gasteiger partial charge in [0.05, 0.1) is 12.1 Å². The van der Waals surface area contributed by atoms with E-state index in [0.29, 0.717) is 12.2 Å². The van der Waals surface area contributed by atoms with Crippen LogP contribution >= 0.6 is 11.8 Å². The van der Waals surface area contributed by atoms with Gasteiger partial charge in [-0.1, -0.05) is 11.8 Å². The molecule has 6 nitrogen and oxygen atoms in total. The molecule has 0 unspecified atom stereocenters. The van der Waals surface area contributed by atoms with Crippen molar-refractivity contribution in [3.05, 3.63) is 23.7 Å². The summed E-state index contributed by atoms with van der Waals surface area (Å²) in [5.74, 6) is -0.591. The molecule has 17 heavy (non-hydrogen) atoms. The van der Waals surface area contributed by atoms with E-state index >= 15 is 0 Å². The van der Waals surface area contributed by atoms with Crippen LogP contribution in [0.2, 0.25) is 0 Å². The lowest BCUT2D eigenvalue weighted by Crippen LogP contribution is -2.37. The summed E-state index contributed by atoms with van der Waals surface area (Å²) < 4.78 is 4.99. The van der Waals surface area contributed by atoms with Crippen LogP contribution in [-0.2, 0) is 11.3 Å². The lowest BCUT2D eigenvalue weighted by molar-refractivity contribution is -0.128. The number of hydrogen-bond acceptors (Lipinski definition) is 5. The fourth-order valence-electron chi connectivity index (χ4n) is 1.42. The molecule has 7 heteroatoms. The first-order chi connectivity index (χ1) is 8.08. The van der Waals surface area contributed by atoms with Crippen LogP contribution in [0.25, 0.3) is 0 Å². The average Bonchev–Trinajstić information content (AvgIpc) is 2.72. The molecule has 1 fully saturated rings. The minimum atomic E-state index is -1.11. The van der Waals surface area contributed by atoms with Gasteiger partial charge in [-0.25, -0.2) is 4.79 Å². The molecule has 1 saturated heterocycles. The van der Waals surface area contributed by atoms with Crippen molar-refractivity contribution in [3.63, 3.8) is 0 Å². The van der Waals surface area contributed by atoms with E-state index in [1.807, 2.05) is 0 Å².